The van der Waals surface area contributed by atoms with Crippen LogP contribution in [-0.2, 0) is 11.3 Å². The van der Waals surface area contributed by atoms with Gasteiger partial charge in [0.1, 0.15) is 11.6 Å². The lowest BCUT2D eigenvalue weighted by Gasteiger charge is -2.10. The molecule has 4 rings (SSSR count). The van der Waals surface area contributed by atoms with Gasteiger partial charge in [-0.3, -0.25) is 4.79 Å². The van der Waals surface area contributed by atoms with Gasteiger partial charge in [0.25, 0.3) is 0 Å². The highest BCUT2D eigenvalue weighted by Crippen LogP contribution is 2.24. The molecule has 0 radical (unpaired) electrons. The van der Waals surface area contributed by atoms with Crippen LogP contribution in [0.4, 0.5) is 0 Å². The van der Waals surface area contributed by atoms with Crippen LogP contribution in [0.2, 0.25) is 0 Å². The van der Waals surface area contributed by atoms with E-state index in [1.54, 1.807) is 11.6 Å². The first-order valence-corrected chi connectivity index (χ1v) is 10.2. The molecule has 0 aliphatic heterocycles. The number of hydrogen-bond donors (Lipinski definition) is 0. The molecule has 0 spiro atoms. The zero-order chi connectivity index (χ0) is 21.1. The molecule has 0 bridgehead atoms. The molecule has 0 aliphatic rings. The minimum absolute atomic E-state index is 0.0263. The van der Waals surface area contributed by atoms with E-state index in [1.807, 2.05) is 66.9 Å². The van der Waals surface area contributed by atoms with Gasteiger partial charge in [-0.2, -0.15) is 5.10 Å². The fourth-order valence-corrected chi connectivity index (χ4v) is 3.74. The van der Waals surface area contributed by atoms with Crippen LogP contribution in [0.3, 0.4) is 0 Å². The van der Waals surface area contributed by atoms with E-state index in [0.717, 1.165) is 16.3 Å². The summed E-state index contributed by atoms with van der Waals surface area (Å²) in [6.07, 6.45) is 0. The molecule has 2 aromatic heterocycles. The monoisotopic (exact) mass is 417 g/mol. The normalized spacial score (nSPS) is 10.7. The summed E-state index contributed by atoms with van der Waals surface area (Å²) in [5, 5.41) is 6.92. The predicted molar refractivity (Wildman–Crippen MR) is 116 cm³/mol. The van der Waals surface area contributed by atoms with Crippen molar-refractivity contribution in [2.24, 2.45) is 0 Å². The van der Waals surface area contributed by atoms with Crippen molar-refractivity contribution >= 4 is 17.3 Å². The smallest absolute Gasteiger partial charge is 0.363 e. The van der Waals surface area contributed by atoms with Crippen LogP contribution in [0.15, 0.2) is 70.8 Å². The van der Waals surface area contributed by atoms with Crippen LogP contribution in [0, 0.1) is 13.8 Å². The number of para-hydroxylation sites is 1. The molecule has 0 amide bonds. The molecule has 0 aliphatic carbocycles. The Kier molecular flexibility index (Phi) is 5.54. The van der Waals surface area contributed by atoms with Crippen LogP contribution in [0.5, 0.6) is 0 Å². The lowest BCUT2D eigenvalue weighted by atomic mass is 10.2. The average Bonchev–Trinajstić information content (AvgIpc) is 3.22. The highest BCUT2D eigenvalue weighted by atomic mass is 32.1. The second-order valence-electron chi connectivity index (χ2n) is 6.83. The Morgan fingerprint density at radius 2 is 1.80 bits per heavy atom. The van der Waals surface area contributed by atoms with E-state index in [1.165, 1.54) is 23.0 Å². The summed E-state index contributed by atoms with van der Waals surface area (Å²) in [4.78, 5) is 29.3. The van der Waals surface area contributed by atoms with Gasteiger partial charge in [0.15, 0.2) is 0 Å². The third-order valence-corrected chi connectivity index (χ3v) is 5.44. The van der Waals surface area contributed by atoms with Gasteiger partial charge in [0.05, 0.1) is 11.4 Å². The number of rotatable bonds is 5. The first-order chi connectivity index (χ1) is 14.5. The van der Waals surface area contributed by atoms with E-state index in [0.29, 0.717) is 11.4 Å². The van der Waals surface area contributed by atoms with Gasteiger partial charge in [-0.25, -0.2) is 14.5 Å². The second kappa shape index (κ2) is 8.42. The second-order valence-corrected chi connectivity index (χ2v) is 7.69. The van der Waals surface area contributed by atoms with Crippen molar-refractivity contribution in [2.75, 3.05) is 0 Å². The molecule has 0 saturated heterocycles. The summed E-state index contributed by atoms with van der Waals surface area (Å²) >= 11 is 1.48. The number of carbonyl (C=O) groups excluding carboxylic acids is 1. The van der Waals surface area contributed by atoms with Crippen LogP contribution >= 0.6 is 11.3 Å². The number of hydrogen-bond acceptors (Lipinski definition) is 6. The molecular weight excluding hydrogens is 398 g/mol. The fourth-order valence-electron chi connectivity index (χ4n) is 2.93. The highest BCUT2D eigenvalue weighted by Gasteiger charge is 2.17. The Morgan fingerprint density at radius 3 is 2.53 bits per heavy atom. The van der Waals surface area contributed by atoms with Crippen molar-refractivity contribution in [3.05, 3.63) is 98.9 Å². The van der Waals surface area contributed by atoms with Crippen molar-refractivity contribution < 1.29 is 9.53 Å². The average molecular weight is 417 g/mol. The van der Waals surface area contributed by atoms with Crippen molar-refractivity contribution in [3.8, 4) is 16.3 Å². The van der Waals surface area contributed by atoms with Gasteiger partial charge in [0, 0.05) is 22.7 Å². The number of thiazole rings is 1. The number of ether oxygens (including phenoxy) is 1. The van der Waals surface area contributed by atoms with Gasteiger partial charge in [-0.05, 0) is 26.0 Å². The van der Waals surface area contributed by atoms with Crippen LogP contribution in [0.25, 0.3) is 16.3 Å². The molecule has 30 heavy (non-hydrogen) atoms. The van der Waals surface area contributed by atoms with E-state index >= 15 is 0 Å². The molecule has 2 heterocycles. The minimum atomic E-state index is -0.769. The van der Waals surface area contributed by atoms with Gasteiger partial charge in [-0.15, -0.1) is 11.3 Å². The summed E-state index contributed by atoms with van der Waals surface area (Å²) in [5.41, 5.74) is 3.47. The number of esters is 1. The lowest BCUT2D eigenvalue weighted by Crippen LogP contribution is -2.24. The van der Waals surface area contributed by atoms with E-state index in [2.05, 4.69) is 10.1 Å². The summed E-state index contributed by atoms with van der Waals surface area (Å²) in [6, 6.07) is 18.8. The zero-order valence-electron chi connectivity index (χ0n) is 16.5. The molecule has 0 fully saturated rings. The van der Waals surface area contributed by atoms with Gasteiger partial charge in [0.2, 0.25) is 11.1 Å². The molecule has 7 heteroatoms. The van der Waals surface area contributed by atoms with Gasteiger partial charge in [-0.1, -0.05) is 48.0 Å². The van der Waals surface area contributed by atoms with E-state index in [-0.39, 0.29) is 12.3 Å². The van der Waals surface area contributed by atoms with Crippen LogP contribution in [0.1, 0.15) is 27.4 Å². The largest absolute Gasteiger partial charge is 0.454 e. The molecule has 0 N–H and O–H groups in total. The summed E-state index contributed by atoms with van der Waals surface area (Å²) in [5.74, 6) is -0.769. The number of nitrogens with zero attached hydrogens (tertiary/aromatic N) is 3. The molecule has 0 unspecified atom stereocenters. The summed E-state index contributed by atoms with van der Waals surface area (Å²) < 4.78 is 6.88. The minimum Gasteiger partial charge on any atom is -0.454 e. The maximum Gasteiger partial charge on any atom is 0.363 e. The molecule has 4 aromatic rings. The highest BCUT2D eigenvalue weighted by molar-refractivity contribution is 7.13. The molecule has 2 aromatic carbocycles. The number of carbonyl (C=O) groups is 1. The maximum absolute atomic E-state index is 12.5. The molecular formula is C23H19N3O3S. The maximum atomic E-state index is 12.5. The van der Waals surface area contributed by atoms with Gasteiger partial charge >= 0.3 is 5.97 Å². The first-order valence-electron chi connectivity index (χ1n) is 9.36. The Bertz CT molecular complexity index is 1240. The third kappa shape index (κ3) is 4.21. The summed E-state index contributed by atoms with van der Waals surface area (Å²) in [7, 11) is 0. The predicted octanol–water partition coefficient (Wildman–Crippen LogP) is 4.33. The fraction of sp³-hybridized carbons (Fsp3) is 0.130. The van der Waals surface area contributed by atoms with E-state index < -0.39 is 11.4 Å². The topological polar surface area (TPSA) is 74.1 Å². The van der Waals surface area contributed by atoms with Crippen molar-refractivity contribution in [1.29, 1.82) is 0 Å². The Labute approximate surface area is 177 Å². The standard InChI is InChI=1S/C23H19N3O3S/c1-15-8-10-17(11-9-15)22-24-18(14-30-22)13-29-23(28)21-20(27)12-16(2)26(25-21)19-6-4-3-5-7-19/h3-12,14H,13H2,1-2H3. The van der Waals surface area contributed by atoms with Crippen molar-refractivity contribution in [1.82, 2.24) is 14.8 Å². The molecule has 6 nitrogen and oxygen atoms in total. The SMILES string of the molecule is Cc1ccc(-c2nc(COC(=O)c3nn(-c4ccccc4)c(C)cc3=O)cs2)cc1. The van der Waals surface area contributed by atoms with Crippen LogP contribution < -0.4 is 5.43 Å². The summed E-state index contributed by atoms with van der Waals surface area (Å²) in [6.45, 7) is 3.77. The van der Waals surface area contributed by atoms with Crippen molar-refractivity contribution in [3.63, 3.8) is 0 Å². The lowest BCUT2D eigenvalue weighted by molar-refractivity contribution is 0.0457. The molecule has 0 atom stereocenters. The molecule has 0 saturated carbocycles. The Morgan fingerprint density at radius 1 is 1.07 bits per heavy atom. The zero-order valence-corrected chi connectivity index (χ0v) is 17.3. The number of benzene rings is 2. The first kappa shape index (κ1) is 19.7. The van der Waals surface area contributed by atoms with E-state index in [9.17, 15) is 9.59 Å². The van der Waals surface area contributed by atoms with Gasteiger partial charge < -0.3 is 4.74 Å². The quantitative estimate of drug-likeness (QED) is 0.452. The molecule has 150 valence electrons. The Hall–Kier alpha value is -3.58. The third-order valence-electron chi connectivity index (χ3n) is 4.50. The number of aryl methyl sites for hydroxylation is 2. The van der Waals surface area contributed by atoms with E-state index in [4.69, 9.17) is 4.74 Å². The number of aromatic nitrogens is 3. The van der Waals surface area contributed by atoms with Crippen LogP contribution in [-0.4, -0.2) is 20.7 Å². The Balaban J connectivity index is 1.51. The van der Waals surface area contributed by atoms with Crippen molar-refractivity contribution in [2.45, 2.75) is 20.5 Å².